The smallest absolute Gasteiger partial charge is 0.462 e. The highest BCUT2D eigenvalue weighted by molar-refractivity contribution is 7.47. The molecule has 0 bridgehead atoms. The fourth-order valence-electron chi connectivity index (χ4n) is 5.89. The Morgan fingerprint density at radius 2 is 0.983 bits per heavy atom. The quantitative estimate of drug-likeness (QED) is 0.0162. The molecule has 1 N–H and O–H groups in total. The Morgan fingerprint density at radius 1 is 0.533 bits per heavy atom. The lowest BCUT2D eigenvalue weighted by atomic mass is 10.1. The van der Waals surface area contributed by atoms with Crippen molar-refractivity contribution in [3.05, 3.63) is 85.1 Å². The second kappa shape index (κ2) is 41.5. The summed E-state index contributed by atoms with van der Waals surface area (Å²) in [5, 5.41) is 0. The largest absolute Gasteiger partial charge is 0.472 e. The van der Waals surface area contributed by atoms with Crippen LogP contribution in [-0.4, -0.2) is 74.9 Å². The Labute approximate surface area is 367 Å². The molecule has 0 rings (SSSR count). The SMILES string of the molecule is CC/C=C/C=C/C=C/CCCCCCCC(=O)OC(COC(=O)CCCCCCCCCCCC/C=C/C/C=C/C/C=C/C/C=C/CC)COP(=O)(O)OCC[N+](C)(C)C. The van der Waals surface area contributed by atoms with E-state index in [1.54, 1.807) is 0 Å². The molecule has 60 heavy (non-hydrogen) atoms. The van der Waals surface area contributed by atoms with E-state index in [4.69, 9.17) is 18.5 Å². The van der Waals surface area contributed by atoms with Crippen LogP contribution in [0.5, 0.6) is 0 Å². The zero-order valence-electron chi connectivity index (χ0n) is 38.7. The van der Waals surface area contributed by atoms with Gasteiger partial charge in [-0.2, -0.15) is 0 Å². The number of phosphoric ester groups is 1. The molecule has 0 aliphatic rings. The molecule has 0 aliphatic carbocycles. The van der Waals surface area contributed by atoms with E-state index in [0.29, 0.717) is 17.4 Å². The first kappa shape index (κ1) is 57.2. The van der Waals surface area contributed by atoms with Crippen LogP contribution >= 0.6 is 7.82 Å². The van der Waals surface area contributed by atoms with Crippen LogP contribution in [0.15, 0.2) is 85.1 Å². The van der Waals surface area contributed by atoms with Gasteiger partial charge in [0.25, 0.3) is 0 Å². The van der Waals surface area contributed by atoms with Crippen molar-refractivity contribution in [1.82, 2.24) is 0 Å². The van der Waals surface area contributed by atoms with Crippen LogP contribution in [0.2, 0.25) is 0 Å². The van der Waals surface area contributed by atoms with Gasteiger partial charge in [-0.15, -0.1) is 0 Å². The summed E-state index contributed by atoms with van der Waals surface area (Å²) in [5.74, 6) is -0.834. The van der Waals surface area contributed by atoms with Crippen molar-refractivity contribution in [2.24, 2.45) is 0 Å². The predicted octanol–water partition coefficient (Wildman–Crippen LogP) is 13.6. The summed E-state index contributed by atoms with van der Waals surface area (Å²) >= 11 is 0. The summed E-state index contributed by atoms with van der Waals surface area (Å²) in [4.78, 5) is 35.4. The van der Waals surface area contributed by atoms with E-state index in [0.717, 1.165) is 96.3 Å². The summed E-state index contributed by atoms with van der Waals surface area (Å²) in [7, 11) is 1.44. The molecule has 0 aromatic heterocycles. The van der Waals surface area contributed by atoms with Crippen molar-refractivity contribution in [2.45, 2.75) is 174 Å². The highest BCUT2D eigenvalue weighted by Crippen LogP contribution is 2.43. The van der Waals surface area contributed by atoms with E-state index in [1.807, 2.05) is 39.4 Å². The van der Waals surface area contributed by atoms with Crippen LogP contribution < -0.4 is 0 Å². The minimum absolute atomic E-state index is 0.0223. The number of rotatable bonds is 41. The first-order chi connectivity index (χ1) is 29.0. The average Bonchev–Trinajstić information content (AvgIpc) is 3.20. The van der Waals surface area contributed by atoms with Gasteiger partial charge in [-0.05, 0) is 70.6 Å². The van der Waals surface area contributed by atoms with E-state index in [-0.39, 0.29) is 32.0 Å². The van der Waals surface area contributed by atoms with E-state index in [2.05, 4.69) is 80.7 Å². The van der Waals surface area contributed by atoms with Crippen molar-refractivity contribution in [3.8, 4) is 0 Å². The van der Waals surface area contributed by atoms with Gasteiger partial charge in [0, 0.05) is 12.8 Å². The average molecular weight is 861 g/mol. The number of allylic oxidation sites excluding steroid dienone is 14. The number of phosphoric acid groups is 1. The molecule has 2 unspecified atom stereocenters. The highest BCUT2D eigenvalue weighted by atomic mass is 31.2. The number of ether oxygens (including phenoxy) is 2. The lowest BCUT2D eigenvalue weighted by Crippen LogP contribution is -2.37. The molecule has 0 radical (unpaired) electrons. The summed E-state index contributed by atoms with van der Waals surface area (Å²) < 4.78 is 34.3. The van der Waals surface area contributed by atoms with Gasteiger partial charge in [-0.3, -0.25) is 18.6 Å². The second-order valence-electron chi connectivity index (χ2n) is 16.4. The van der Waals surface area contributed by atoms with Crippen LogP contribution in [0.4, 0.5) is 0 Å². The van der Waals surface area contributed by atoms with Gasteiger partial charge in [-0.25, -0.2) is 4.57 Å². The number of nitrogens with zero attached hydrogens (tertiary/aromatic N) is 1. The number of unbranched alkanes of at least 4 members (excludes halogenated alkanes) is 15. The predicted molar refractivity (Wildman–Crippen MR) is 252 cm³/mol. The lowest BCUT2D eigenvalue weighted by Gasteiger charge is -2.24. The molecular weight excluding hydrogens is 774 g/mol. The van der Waals surface area contributed by atoms with Gasteiger partial charge in [0.15, 0.2) is 6.10 Å². The molecule has 0 amide bonds. The fraction of sp³-hybridized carbons (Fsp3) is 0.680. The topological polar surface area (TPSA) is 108 Å². The van der Waals surface area contributed by atoms with Crippen molar-refractivity contribution >= 4 is 19.8 Å². The normalized spacial score (nSPS) is 14.3. The van der Waals surface area contributed by atoms with Gasteiger partial charge >= 0.3 is 19.8 Å². The Balaban J connectivity index is 4.28. The second-order valence-corrected chi connectivity index (χ2v) is 17.9. The van der Waals surface area contributed by atoms with Crippen LogP contribution in [0, 0.1) is 0 Å². The third-order valence-electron chi connectivity index (χ3n) is 9.48. The number of hydrogen-bond acceptors (Lipinski definition) is 7. The van der Waals surface area contributed by atoms with E-state index in [9.17, 15) is 19.0 Å². The molecule has 0 aromatic rings. The summed E-state index contributed by atoms with van der Waals surface area (Å²) in [5.41, 5.74) is 0. The molecule has 2 atom stereocenters. The zero-order chi connectivity index (χ0) is 44.3. The maximum atomic E-state index is 12.7. The number of quaternary nitrogens is 1. The maximum absolute atomic E-state index is 12.7. The maximum Gasteiger partial charge on any atom is 0.472 e. The minimum Gasteiger partial charge on any atom is -0.462 e. The monoisotopic (exact) mass is 861 g/mol. The Morgan fingerprint density at radius 3 is 1.52 bits per heavy atom. The Kier molecular flexibility index (Phi) is 39.6. The molecule has 344 valence electrons. The number of hydrogen-bond donors (Lipinski definition) is 1. The number of esters is 2. The molecule has 0 fully saturated rings. The van der Waals surface area contributed by atoms with Gasteiger partial charge in [0.2, 0.25) is 0 Å². The molecule has 10 heteroatoms. The highest BCUT2D eigenvalue weighted by Gasteiger charge is 2.27. The molecule has 0 heterocycles. The Bertz CT molecular complexity index is 1290. The molecule has 0 aliphatic heterocycles. The third-order valence-corrected chi connectivity index (χ3v) is 10.5. The van der Waals surface area contributed by atoms with E-state index >= 15 is 0 Å². The van der Waals surface area contributed by atoms with Gasteiger partial charge in [0.05, 0.1) is 27.7 Å². The van der Waals surface area contributed by atoms with Gasteiger partial charge in [-0.1, -0.05) is 170 Å². The fourth-order valence-corrected chi connectivity index (χ4v) is 6.63. The molecule has 0 aromatic carbocycles. The summed E-state index contributed by atoms with van der Waals surface area (Å²) in [6, 6.07) is 0. The first-order valence-electron chi connectivity index (χ1n) is 23.3. The summed E-state index contributed by atoms with van der Waals surface area (Å²) in [6.45, 7) is 4.13. The van der Waals surface area contributed by atoms with E-state index in [1.165, 1.54) is 38.5 Å². The molecule has 9 nitrogen and oxygen atoms in total. The number of likely N-dealkylation sites (N-methyl/N-ethyl adjacent to an activating group) is 1. The van der Waals surface area contributed by atoms with Crippen LogP contribution in [0.25, 0.3) is 0 Å². The molecular formula is C50H87NO8P+. The minimum atomic E-state index is -4.39. The zero-order valence-corrected chi connectivity index (χ0v) is 39.6. The van der Waals surface area contributed by atoms with Gasteiger partial charge in [0.1, 0.15) is 19.8 Å². The summed E-state index contributed by atoms with van der Waals surface area (Å²) in [6.07, 6.45) is 53.5. The van der Waals surface area contributed by atoms with E-state index < -0.39 is 26.5 Å². The lowest BCUT2D eigenvalue weighted by molar-refractivity contribution is -0.870. The first-order valence-corrected chi connectivity index (χ1v) is 24.8. The van der Waals surface area contributed by atoms with Crippen molar-refractivity contribution < 1.29 is 42.1 Å². The van der Waals surface area contributed by atoms with Crippen molar-refractivity contribution in [2.75, 3.05) is 47.5 Å². The molecule has 0 spiro atoms. The standard InChI is InChI=1S/C50H86NO8P/c1-6-8-10-12-14-16-18-20-21-22-23-24-25-26-27-28-29-31-32-34-36-38-40-42-49(52)56-46-48(47-58-60(54,55)57-45-44-51(3,4)5)59-50(53)43-41-39-37-35-33-30-19-17-15-13-11-9-7-2/h8-11,13-17,19-21,23-24,48H,6-7,12,18,22,25-47H2,1-5H3/p+1/b10-8+,11-9+,15-13+,16-14+,19-17+,21-20+,24-23+. The van der Waals surface area contributed by atoms with Gasteiger partial charge < -0.3 is 18.9 Å². The molecule has 0 saturated heterocycles. The van der Waals surface area contributed by atoms with Crippen molar-refractivity contribution in [3.63, 3.8) is 0 Å². The van der Waals surface area contributed by atoms with Crippen LogP contribution in [0.3, 0.4) is 0 Å². The number of carbonyl (C=O) groups is 2. The van der Waals surface area contributed by atoms with Crippen LogP contribution in [-0.2, 0) is 32.7 Å². The molecule has 0 saturated carbocycles. The third kappa shape index (κ3) is 44.7. The van der Waals surface area contributed by atoms with Crippen molar-refractivity contribution in [1.29, 1.82) is 0 Å². The van der Waals surface area contributed by atoms with Crippen LogP contribution in [0.1, 0.15) is 168 Å². The Hall–Kier alpha value is -2.81. The number of carbonyl (C=O) groups excluding carboxylic acids is 2.